The lowest BCUT2D eigenvalue weighted by atomic mass is 10.1. The summed E-state index contributed by atoms with van der Waals surface area (Å²) in [5.41, 5.74) is 0.626. The van der Waals surface area contributed by atoms with E-state index in [9.17, 15) is 4.79 Å². The monoisotopic (exact) mass is 290 g/mol. The molecule has 0 spiro atoms. The summed E-state index contributed by atoms with van der Waals surface area (Å²) in [7, 11) is 0. The molecule has 1 aliphatic rings. The van der Waals surface area contributed by atoms with Crippen molar-refractivity contribution in [1.82, 2.24) is 19.7 Å². The molecule has 0 radical (unpaired) electrons. The van der Waals surface area contributed by atoms with Gasteiger partial charge in [-0.15, -0.1) is 0 Å². The van der Waals surface area contributed by atoms with Crippen molar-refractivity contribution in [1.29, 1.82) is 0 Å². The summed E-state index contributed by atoms with van der Waals surface area (Å²) in [4.78, 5) is 19.7. The molecule has 0 aliphatic carbocycles. The standard InChI is InChI=1S/C15H22N4O2/c1-3-10(2)8-13-17-14-12(15(20)18-13)9-16-19(14)11-4-6-21-7-5-11/h9-11H,3-8H2,1-2H3,(H,17,18,20)/t10-/m0/s1. The Morgan fingerprint density at radius 1 is 1.48 bits per heavy atom. The Labute approximate surface area is 123 Å². The molecule has 0 unspecified atom stereocenters. The van der Waals surface area contributed by atoms with E-state index in [1.54, 1.807) is 6.20 Å². The average molecular weight is 290 g/mol. The van der Waals surface area contributed by atoms with Gasteiger partial charge in [-0.05, 0) is 18.8 Å². The molecule has 3 heterocycles. The molecule has 0 saturated carbocycles. The van der Waals surface area contributed by atoms with Gasteiger partial charge in [-0.1, -0.05) is 20.3 Å². The van der Waals surface area contributed by atoms with E-state index in [4.69, 9.17) is 4.74 Å². The average Bonchev–Trinajstić information content (AvgIpc) is 2.92. The van der Waals surface area contributed by atoms with Crippen LogP contribution in [0.1, 0.15) is 45.0 Å². The van der Waals surface area contributed by atoms with Crippen molar-refractivity contribution in [2.45, 2.75) is 45.6 Å². The summed E-state index contributed by atoms with van der Waals surface area (Å²) in [6.45, 7) is 5.80. The minimum Gasteiger partial charge on any atom is -0.381 e. The van der Waals surface area contributed by atoms with Gasteiger partial charge >= 0.3 is 0 Å². The molecule has 114 valence electrons. The van der Waals surface area contributed by atoms with Crippen LogP contribution in [0, 0.1) is 5.92 Å². The Balaban J connectivity index is 2.00. The van der Waals surface area contributed by atoms with Gasteiger partial charge in [0.1, 0.15) is 11.2 Å². The van der Waals surface area contributed by atoms with Gasteiger partial charge in [0.05, 0.1) is 12.2 Å². The highest BCUT2D eigenvalue weighted by Crippen LogP contribution is 2.23. The number of rotatable bonds is 4. The van der Waals surface area contributed by atoms with Crippen LogP contribution in [0.3, 0.4) is 0 Å². The van der Waals surface area contributed by atoms with E-state index in [1.165, 1.54) is 0 Å². The van der Waals surface area contributed by atoms with Gasteiger partial charge < -0.3 is 9.72 Å². The van der Waals surface area contributed by atoms with Crippen LogP contribution < -0.4 is 5.56 Å². The van der Waals surface area contributed by atoms with Gasteiger partial charge in [0, 0.05) is 19.6 Å². The first-order valence-corrected chi connectivity index (χ1v) is 7.73. The van der Waals surface area contributed by atoms with Gasteiger partial charge in [-0.25, -0.2) is 9.67 Å². The minimum absolute atomic E-state index is 0.0865. The Kier molecular flexibility index (Phi) is 4.05. The summed E-state index contributed by atoms with van der Waals surface area (Å²) in [6, 6.07) is 0.280. The molecule has 3 rings (SSSR count). The van der Waals surface area contributed by atoms with Crippen LogP contribution in [0.15, 0.2) is 11.0 Å². The van der Waals surface area contributed by atoms with Crippen molar-refractivity contribution in [3.63, 3.8) is 0 Å². The smallest absolute Gasteiger partial charge is 0.262 e. The van der Waals surface area contributed by atoms with Gasteiger partial charge in [0.25, 0.3) is 5.56 Å². The molecule has 6 nitrogen and oxygen atoms in total. The number of nitrogens with zero attached hydrogens (tertiary/aromatic N) is 3. The molecule has 0 aromatic carbocycles. The molecule has 0 amide bonds. The SMILES string of the molecule is CC[C@H](C)Cc1nc2c(cnn2C2CCOCC2)c(=O)[nH]1. The van der Waals surface area contributed by atoms with E-state index >= 15 is 0 Å². The third-order valence-electron chi connectivity index (χ3n) is 4.29. The van der Waals surface area contributed by atoms with E-state index in [2.05, 4.69) is 28.9 Å². The second kappa shape index (κ2) is 5.97. The maximum Gasteiger partial charge on any atom is 0.262 e. The molecule has 6 heteroatoms. The largest absolute Gasteiger partial charge is 0.381 e. The number of aromatic nitrogens is 4. The highest BCUT2D eigenvalue weighted by Gasteiger charge is 2.20. The first-order valence-electron chi connectivity index (χ1n) is 7.73. The molecule has 1 saturated heterocycles. The number of ether oxygens (including phenoxy) is 1. The van der Waals surface area contributed by atoms with Crippen LogP contribution in [-0.2, 0) is 11.2 Å². The van der Waals surface area contributed by atoms with Crippen molar-refractivity contribution in [2.75, 3.05) is 13.2 Å². The van der Waals surface area contributed by atoms with Crippen LogP contribution in [0.2, 0.25) is 0 Å². The van der Waals surface area contributed by atoms with Crippen LogP contribution in [0.5, 0.6) is 0 Å². The molecular weight excluding hydrogens is 268 g/mol. The fraction of sp³-hybridized carbons (Fsp3) is 0.667. The number of fused-ring (bicyclic) bond motifs is 1. The number of nitrogens with one attached hydrogen (secondary N) is 1. The van der Waals surface area contributed by atoms with E-state index in [1.807, 2.05) is 4.68 Å². The molecule has 1 atom stereocenters. The fourth-order valence-electron chi connectivity index (χ4n) is 2.75. The summed E-state index contributed by atoms with van der Waals surface area (Å²) in [5, 5.41) is 4.98. The second-order valence-corrected chi connectivity index (χ2v) is 5.90. The Hall–Kier alpha value is -1.69. The van der Waals surface area contributed by atoms with Gasteiger partial charge in [-0.2, -0.15) is 5.10 Å². The maximum atomic E-state index is 12.2. The topological polar surface area (TPSA) is 72.8 Å². The zero-order valence-electron chi connectivity index (χ0n) is 12.6. The lowest BCUT2D eigenvalue weighted by Gasteiger charge is -2.22. The first-order chi connectivity index (χ1) is 10.2. The molecule has 2 aromatic heterocycles. The zero-order chi connectivity index (χ0) is 14.8. The third-order valence-corrected chi connectivity index (χ3v) is 4.29. The molecule has 2 aromatic rings. The Morgan fingerprint density at radius 2 is 2.24 bits per heavy atom. The van der Waals surface area contributed by atoms with E-state index in [0.29, 0.717) is 17.0 Å². The minimum atomic E-state index is -0.0865. The summed E-state index contributed by atoms with van der Waals surface area (Å²) in [6.07, 6.45) is 5.34. The molecule has 1 fully saturated rings. The normalized spacial score (nSPS) is 18.2. The second-order valence-electron chi connectivity index (χ2n) is 5.90. The Bertz CT molecular complexity index is 670. The van der Waals surface area contributed by atoms with E-state index in [0.717, 1.165) is 44.7 Å². The third kappa shape index (κ3) is 2.85. The number of hydrogen-bond donors (Lipinski definition) is 1. The lowest BCUT2D eigenvalue weighted by molar-refractivity contribution is 0.0673. The molecule has 0 bridgehead atoms. The lowest BCUT2D eigenvalue weighted by Crippen LogP contribution is -2.22. The number of H-pyrrole nitrogens is 1. The summed E-state index contributed by atoms with van der Waals surface area (Å²) in [5.74, 6) is 1.26. The molecule has 1 N–H and O–H groups in total. The summed E-state index contributed by atoms with van der Waals surface area (Å²) >= 11 is 0. The van der Waals surface area contributed by atoms with E-state index < -0.39 is 0 Å². The van der Waals surface area contributed by atoms with E-state index in [-0.39, 0.29) is 11.6 Å². The fourth-order valence-corrected chi connectivity index (χ4v) is 2.75. The van der Waals surface area contributed by atoms with Crippen LogP contribution in [0.4, 0.5) is 0 Å². The van der Waals surface area contributed by atoms with Crippen molar-refractivity contribution >= 4 is 11.0 Å². The zero-order valence-corrected chi connectivity index (χ0v) is 12.6. The number of aromatic amines is 1. The number of hydrogen-bond acceptors (Lipinski definition) is 4. The highest BCUT2D eigenvalue weighted by molar-refractivity contribution is 5.73. The van der Waals surface area contributed by atoms with Crippen molar-refractivity contribution in [3.8, 4) is 0 Å². The van der Waals surface area contributed by atoms with Crippen LogP contribution in [-0.4, -0.2) is 33.0 Å². The van der Waals surface area contributed by atoms with Gasteiger partial charge in [0.2, 0.25) is 0 Å². The van der Waals surface area contributed by atoms with Crippen LogP contribution in [0.25, 0.3) is 11.0 Å². The van der Waals surface area contributed by atoms with Crippen molar-refractivity contribution < 1.29 is 4.74 Å². The van der Waals surface area contributed by atoms with Crippen LogP contribution >= 0.6 is 0 Å². The first kappa shape index (κ1) is 14.3. The van der Waals surface area contributed by atoms with Crippen molar-refractivity contribution in [2.24, 2.45) is 5.92 Å². The summed E-state index contributed by atoms with van der Waals surface area (Å²) < 4.78 is 7.30. The van der Waals surface area contributed by atoms with Crippen molar-refractivity contribution in [3.05, 3.63) is 22.4 Å². The van der Waals surface area contributed by atoms with Gasteiger partial charge in [0.15, 0.2) is 5.65 Å². The predicted molar refractivity (Wildman–Crippen MR) is 80.4 cm³/mol. The molecule has 21 heavy (non-hydrogen) atoms. The molecule has 1 aliphatic heterocycles. The van der Waals surface area contributed by atoms with Gasteiger partial charge in [-0.3, -0.25) is 4.79 Å². The quantitative estimate of drug-likeness (QED) is 0.935. The Morgan fingerprint density at radius 3 is 2.95 bits per heavy atom. The molecular formula is C15H22N4O2. The maximum absolute atomic E-state index is 12.2. The predicted octanol–water partition coefficient (Wildman–Crippen LogP) is 2.06. The highest BCUT2D eigenvalue weighted by atomic mass is 16.5.